The van der Waals surface area contributed by atoms with E-state index in [0.717, 1.165) is 16.5 Å². The second-order valence-corrected chi connectivity index (χ2v) is 5.47. The molecule has 0 unspecified atom stereocenters. The lowest BCUT2D eigenvalue weighted by Gasteiger charge is -2.05. The number of nitrogens with one attached hydrogen (secondary N) is 2. The van der Waals surface area contributed by atoms with Crippen molar-refractivity contribution in [3.05, 3.63) is 59.8 Å². The summed E-state index contributed by atoms with van der Waals surface area (Å²) in [5, 5.41) is 24.1. The largest absolute Gasteiger partial charge is 0.508 e. The van der Waals surface area contributed by atoms with Crippen molar-refractivity contribution in [3.8, 4) is 11.5 Å². The topological polar surface area (TPSA) is 97.7 Å². The van der Waals surface area contributed by atoms with Crippen LogP contribution in [0.25, 0.3) is 10.9 Å². The lowest BCUT2D eigenvalue weighted by Crippen LogP contribution is -2.21. The molecule has 2 aromatic carbocycles. The molecule has 3 aromatic rings. The fourth-order valence-corrected chi connectivity index (χ4v) is 2.52. The number of carbonyl (C=O) groups is 1. The predicted octanol–water partition coefficient (Wildman–Crippen LogP) is 2.66. The first-order chi connectivity index (χ1) is 11.5. The number of phenolic OH excluding ortho intramolecular Hbond substituents is 2. The minimum Gasteiger partial charge on any atom is -0.508 e. The molecule has 24 heavy (non-hydrogen) atoms. The van der Waals surface area contributed by atoms with Crippen molar-refractivity contribution < 1.29 is 15.0 Å². The number of amides is 1. The first-order valence-electron chi connectivity index (χ1n) is 7.45. The summed E-state index contributed by atoms with van der Waals surface area (Å²) in [5.74, 6) is -0.382. The molecule has 1 amide bonds. The fourth-order valence-electron chi connectivity index (χ4n) is 2.52. The first kappa shape index (κ1) is 15.6. The maximum absolute atomic E-state index is 12.1. The van der Waals surface area contributed by atoms with Gasteiger partial charge in [0.25, 0.3) is 0 Å². The highest BCUT2D eigenvalue weighted by atomic mass is 16.3. The number of fused-ring (bicyclic) bond motifs is 1. The van der Waals surface area contributed by atoms with Crippen LogP contribution in [0.5, 0.6) is 11.5 Å². The van der Waals surface area contributed by atoms with Gasteiger partial charge in [-0.15, -0.1) is 0 Å². The standard InChI is InChI=1S/C18H17N3O3/c1-11(14-7-6-13(22)9-17(14)23)20-21-18(24)8-12-10-19-16-5-3-2-4-15(12)16/h2-7,9-10,19,22-23H,8H2,1H3,(H,21,24)/b20-11+. The van der Waals surface area contributed by atoms with Crippen LogP contribution in [0.4, 0.5) is 0 Å². The molecule has 122 valence electrons. The van der Waals surface area contributed by atoms with E-state index in [1.54, 1.807) is 6.92 Å². The fraction of sp³-hybridized carbons (Fsp3) is 0.111. The number of aromatic hydroxyl groups is 2. The molecule has 0 radical (unpaired) electrons. The number of hydrazone groups is 1. The van der Waals surface area contributed by atoms with E-state index in [-0.39, 0.29) is 23.8 Å². The van der Waals surface area contributed by atoms with Crippen molar-refractivity contribution in [2.75, 3.05) is 0 Å². The Morgan fingerprint density at radius 2 is 2.00 bits per heavy atom. The third-order valence-electron chi connectivity index (χ3n) is 3.75. The summed E-state index contributed by atoms with van der Waals surface area (Å²) in [4.78, 5) is 15.2. The number of carbonyl (C=O) groups excluding carboxylic acids is 1. The minimum absolute atomic E-state index is 0.0348. The van der Waals surface area contributed by atoms with Gasteiger partial charge >= 0.3 is 0 Å². The normalized spacial score (nSPS) is 11.6. The summed E-state index contributed by atoms with van der Waals surface area (Å²) < 4.78 is 0. The molecule has 1 heterocycles. The van der Waals surface area contributed by atoms with Gasteiger partial charge in [-0.3, -0.25) is 4.79 Å². The highest BCUT2D eigenvalue weighted by molar-refractivity contribution is 6.01. The Kier molecular flexibility index (Phi) is 4.20. The second kappa shape index (κ2) is 6.45. The van der Waals surface area contributed by atoms with Crippen molar-refractivity contribution in [3.63, 3.8) is 0 Å². The molecule has 0 spiro atoms. The molecule has 0 aliphatic rings. The zero-order valence-corrected chi connectivity index (χ0v) is 13.1. The molecule has 0 fully saturated rings. The summed E-state index contributed by atoms with van der Waals surface area (Å²) >= 11 is 0. The molecular weight excluding hydrogens is 306 g/mol. The Morgan fingerprint density at radius 1 is 1.21 bits per heavy atom. The SMILES string of the molecule is C/C(=N\NC(=O)Cc1c[nH]c2ccccc12)c1ccc(O)cc1O. The summed E-state index contributed by atoms with van der Waals surface area (Å²) in [5.41, 5.74) is 5.25. The number of aromatic amines is 1. The molecule has 0 bridgehead atoms. The van der Waals surface area contributed by atoms with Gasteiger partial charge in [0.1, 0.15) is 11.5 Å². The summed E-state index contributed by atoms with van der Waals surface area (Å²) in [6.07, 6.45) is 2.01. The molecule has 6 nitrogen and oxygen atoms in total. The van der Waals surface area contributed by atoms with Crippen molar-refractivity contribution >= 4 is 22.5 Å². The van der Waals surface area contributed by atoms with Crippen LogP contribution in [-0.2, 0) is 11.2 Å². The highest BCUT2D eigenvalue weighted by Crippen LogP contribution is 2.23. The van der Waals surface area contributed by atoms with Crippen LogP contribution in [0.15, 0.2) is 53.8 Å². The van der Waals surface area contributed by atoms with Crippen LogP contribution >= 0.6 is 0 Å². The van der Waals surface area contributed by atoms with Gasteiger partial charge in [-0.25, -0.2) is 5.43 Å². The predicted molar refractivity (Wildman–Crippen MR) is 92.1 cm³/mol. The van der Waals surface area contributed by atoms with E-state index in [2.05, 4.69) is 15.5 Å². The minimum atomic E-state index is -0.252. The number of hydrogen-bond acceptors (Lipinski definition) is 4. The lowest BCUT2D eigenvalue weighted by atomic mass is 10.1. The van der Waals surface area contributed by atoms with E-state index < -0.39 is 0 Å². The molecular formula is C18H17N3O3. The summed E-state index contributed by atoms with van der Waals surface area (Å²) in [6.45, 7) is 1.66. The van der Waals surface area contributed by atoms with Crippen molar-refractivity contribution in [2.45, 2.75) is 13.3 Å². The van der Waals surface area contributed by atoms with Crippen LogP contribution in [-0.4, -0.2) is 26.8 Å². The van der Waals surface area contributed by atoms with Crippen LogP contribution < -0.4 is 5.43 Å². The summed E-state index contributed by atoms with van der Waals surface area (Å²) in [7, 11) is 0. The number of hydrogen-bond donors (Lipinski definition) is 4. The Bertz CT molecular complexity index is 928. The van der Waals surface area contributed by atoms with Crippen molar-refractivity contribution in [2.24, 2.45) is 5.10 Å². The summed E-state index contributed by atoms with van der Waals surface area (Å²) in [6, 6.07) is 12.0. The van der Waals surface area contributed by atoms with Gasteiger partial charge in [-0.2, -0.15) is 5.10 Å². The zero-order valence-electron chi connectivity index (χ0n) is 13.1. The van der Waals surface area contributed by atoms with Gasteiger partial charge in [0, 0.05) is 28.7 Å². The van der Waals surface area contributed by atoms with Crippen LogP contribution in [0.3, 0.4) is 0 Å². The number of benzene rings is 2. The number of phenols is 2. The lowest BCUT2D eigenvalue weighted by molar-refractivity contribution is -0.120. The smallest absolute Gasteiger partial charge is 0.244 e. The number of rotatable bonds is 4. The Balaban J connectivity index is 1.70. The van der Waals surface area contributed by atoms with Gasteiger partial charge in [0.2, 0.25) is 5.91 Å². The van der Waals surface area contributed by atoms with Gasteiger partial charge in [0.05, 0.1) is 12.1 Å². The van der Waals surface area contributed by atoms with Crippen LogP contribution in [0, 0.1) is 0 Å². The van der Waals surface area contributed by atoms with Crippen LogP contribution in [0.2, 0.25) is 0 Å². The molecule has 0 saturated heterocycles. The van der Waals surface area contributed by atoms with Gasteiger partial charge in [0.15, 0.2) is 0 Å². The number of H-pyrrole nitrogens is 1. The number of para-hydroxylation sites is 1. The highest BCUT2D eigenvalue weighted by Gasteiger charge is 2.09. The third-order valence-corrected chi connectivity index (χ3v) is 3.75. The zero-order chi connectivity index (χ0) is 17.1. The molecule has 6 heteroatoms. The van der Waals surface area contributed by atoms with E-state index in [9.17, 15) is 15.0 Å². The van der Waals surface area contributed by atoms with Crippen LogP contribution in [0.1, 0.15) is 18.1 Å². The molecule has 0 atom stereocenters. The van der Waals surface area contributed by atoms with Gasteiger partial charge in [-0.1, -0.05) is 18.2 Å². The second-order valence-electron chi connectivity index (χ2n) is 5.47. The van der Waals surface area contributed by atoms with Crippen molar-refractivity contribution in [1.82, 2.24) is 10.4 Å². The molecule has 4 N–H and O–H groups in total. The maximum Gasteiger partial charge on any atom is 0.244 e. The molecule has 3 rings (SSSR count). The monoisotopic (exact) mass is 323 g/mol. The molecule has 0 saturated carbocycles. The molecule has 1 aromatic heterocycles. The average molecular weight is 323 g/mol. The van der Waals surface area contributed by atoms with Gasteiger partial charge in [-0.05, 0) is 30.7 Å². The Morgan fingerprint density at radius 3 is 2.79 bits per heavy atom. The molecule has 0 aliphatic carbocycles. The Labute approximate surface area is 138 Å². The quantitative estimate of drug-likeness (QED) is 0.439. The van der Waals surface area contributed by atoms with E-state index >= 15 is 0 Å². The number of nitrogens with zero attached hydrogens (tertiary/aromatic N) is 1. The van der Waals surface area contributed by atoms with E-state index in [0.29, 0.717) is 11.3 Å². The van der Waals surface area contributed by atoms with E-state index in [1.165, 1.54) is 18.2 Å². The average Bonchev–Trinajstić information content (AvgIpc) is 2.96. The van der Waals surface area contributed by atoms with E-state index in [1.807, 2.05) is 30.5 Å². The van der Waals surface area contributed by atoms with Crippen molar-refractivity contribution in [1.29, 1.82) is 0 Å². The first-order valence-corrected chi connectivity index (χ1v) is 7.45. The molecule has 0 aliphatic heterocycles. The third kappa shape index (κ3) is 3.22. The maximum atomic E-state index is 12.1. The van der Waals surface area contributed by atoms with Gasteiger partial charge < -0.3 is 15.2 Å². The Hall–Kier alpha value is -3.28. The van der Waals surface area contributed by atoms with E-state index in [4.69, 9.17) is 0 Å². The number of aromatic nitrogens is 1.